The molecule has 1 amide bonds. The average Bonchev–Trinajstić information content (AvgIpc) is 3.33. The number of anilines is 1. The minimum atomic E-state index is -3.84. The van der Waals surface area contributed by atoms with Crippen LogP contribution in [0.15, 0.2) is 83.9 Å². The van der Waals surface area contributed by atoms with Gasteiger partial charge in [-0.3, -0.25) is 4.79 Å². The lowest BCUT2D eigenvalue weighted by Crippen LogP contribution is -2.37. The van der Waals surface area contributed by atoms with Gasteiger partial charge in [-0.15, -0.1) is 0 Å². The van der Waals surface area contributed by atoms with Crippen molar-refractivity contribution in [3.8, 4) is 0 Å². The maximum Gasteiger partial charge on any atom is 0.247 e. The molecule has 3 aromatic carbocycles. The van der Waals surface area contributed by atoms with Gasteiger partial charge < -0.3 is 9.47 Å². The minimum absolute atomic E-state index is 0.00834. The third kappa shape index (κ3) is 3.82. The first-order valence-corrected chi connectivity index (χ1v) is 12.4. The number of amides is 1. The van der Waals surface area contributed by atoms with Crippen molar-refractivity contribution in [3.63, 3.8) is 0 Å². The number of sulfone groups is 1. The van der Waals surface area contributed by atoms with Crippen molar-refractivity contribution >= 4 is 32.3 Å². The molecule has 7 heteroatoms. The smallest absolute Gasteiger partial charge is 0.247 e. The van der Waals surface area contributed by atoms with Crippen molar-refractivity contribution in [2.45, 2.75) is 36.6 Å². The topological polar surface area (TPSA) is 59.4 Å². The summed E-state index contributed by atoms with van der Waals surface area (Å²) < 4.78 is 42.3. The SMILES string of the molecule is CC1Cc2ccccc2N1C(=O)Cn1cc(S(=O)(=O)Cc2ccccc2F)c2ccccc21. The fourth-order valence-electron chi connectivity index (χ4n) is 4.66. The van der Waals surface area contributed by atoms with E-state index in [9.17, 15) is 17.6 Å². The number of carbonyl (C=O) groups is 1. The third-order valence-electron chi connectivity index (χ3n) is 6.17. The van der Waals surface area contributed by atoms with Gasteiger partial charge in [0.25, 0.3) is 0 Å². The Hall–Kier alpha value is -3.45. The van der Waals surface area contributed by atoms with Gasteiger partial charge in [0, 0.05) is 34.4 Å². The molecule has 0 aliphatic carbocycles. The van der Waals surface area contributed by atoms with E-state index in [4.69, 9.17) is 0 Å². The summed E-state index contributed by atoms with van der Waals surface area (Å²) in [5.74, 6) is -1.11. The van der Waals surface area contributed by atoms with E-state index >= 15 is 0 Å². The molecule has 0 spiro atoms. The Labute approximate surface area is 192 Å². The molecule has 0 bridgehead atoms. The number of para-hydroxylation sites is 2. The second-order valence-corrected chi connectivity index (χ2v) is 10.4. The molecular weight excluding hydrogens is 439 g/mol. The molecule has 168 valence electrons. The molecule has 1 aliphatic heterocycles. The summed E-state index contributed by atoms with van der Waals surface area (Å²) in [6, 6.07) is 20.8. The van der Waals surface area contributed by atoms with E-state index in [1.165, 1.54) is 24.4 Å². The quantitative estimate of drug-likeness (QED) is 0.431. The Morgan fingerprint density at radius 2 is 1.70 bits per heavy atom. The van der Waals surface area contributed by atoms with E-state index in [0.717, 1.165) is 17.7 Å². The Kier molecular flexibility index (Phi) is 5.29. The number of fused-ring (bicyclic) bond motifs is 2. The average molecular weight is 463 g/mol. The van der Waals surface area contributed by atoms with Crippen LogP contribution in [0.3, 0.4) is 0 Å². The van der Waals surface area contributed by atoms with Crippen LogP contribution in [0, 0.1) is 5.82 Å². The molecule has 1 unspecified atom stereocenters. The number of carbonyl (C=O) groups excluding carboxylic acids is 1. The molecular formula is C26H23FN2O3S. The van der Waals surface area contributed by atoms with Gasteiger partial charge in [0.1, 0.15) is 12.4 Å². The Balaban J connectivity index is 1.51. The van der Waals surface area contributed by atoms with Crippen molar-refractivity contribution in [1.82, 2.24) is 4.57 Å². The van der Waals surface area contributed by atoms with Crippen LogP contribution in [-0.4, -0.2) is 24.9 Å². The lowest BCUT2D eigenvalue weighted by atomic mass is 10.1. The fraction of sp³-hybridized carbons (Fsp3) is 0.192. The molecule has 2 heterocycles. The molecule has 0 saturated heterocycles. The third-order valence-corrected chi connectivity index (χ3v) is 7.86. The maximum absolute atomic E-state index is 14.1. The van der Waals surface area contributed by atoms with E-state index in [1.54, 1.807) is 33.7 Å². The number of nitrogens with zero attached hydrogens (tertiary/aromatic N) is 2. The van der Waals surface area contributed by atoms with Crippen LogP contribution in [0.4, 0.5) is 10.1 Å². The minimum Gasteiger partial charge on any atom is -0.337 e. The zero-order valence-electron chi connectivity index (χ0n) is 18.1. The van der Waals surface area contributed by atoms with Crippen LogP contribution in [0.5, 0.6) is 0 Å². The summed E-state index contributed by atoms with van der Waals surface area (Å²) in [6.45, 7) is 2.02. The number of hydrogen-bond acceptors (Lipinski definition) is 3. The van der Waals surface area contributed by atoms with Gasteiger partial charge >= 0.3 is 0 Å². The van der Waals surface area contributed by atoms with Crippen LogP contribution >= 0.6 is 0 Å². The summed E-state index contributed by atoms with van der Waals surface area (Å²) in [7, 11) is -3.84. The van der Waals surface area contributed by atoms with Crippen molar-refractivity contribution in [2.75, 3.05) is 4.90 Å². The van der Waals surface area contributed by atoms with Crippen LogP contribution < -0.4 is 4.90 Å². The molecule has 0 radical (unpaired) electrons. The second-order valence-electron chi connectivity index (χ2n) is 8.43. The lowest BCUT2D eigenvalue weighted by molar-refractivity contribution is -0.119. The van der Waals surface area contributed by atoms with Crippen LogP contribution in [-0.2, 0) is 33.4 Å². The molecule has 0 fully saturated rings. The highest BCUT2D eigenvalue weighted by Gasteiger charge is 2.31. The summed E-state index contributed by atoms with van der Waals surface area (Å²) in [6.07, 6.45) is 2.29. The zero-order chi connectivity index (χ0) is 23.2. The van der Waals surface area contributed by atoms with Crippen LogP contribution in [0.2, 0.25) is 0 Å². The predicted octanol–water partition coefficient (Wildman–Crippen LogP) is 4.73. The normalized spacial score (nSPS) is 15.7. The first-order valence-electron chi connectivity index (χ1n) is 10.8. The van der Waals surface area contributed by atoms with Gasteiger partial charge in [0.05, 0.1) is 10.6 Å². The standard InChI is InChI=1S/C26H23FN2O3S/c1-18-14-19-8-3-6-12-23(19)29(18)26(30)16-28-15-25(21-10-4-7-13-24(21)28)33(31,32)17-20-9-2-5-11-22(20)27/h2-13,15,18H,14,16-17H2,1H3. The molecule has 0 N–H and O–H groups in total. The van der Waals surface area contributed by atoms with Crippen LogP contribution in [0.25, 0.3) is 10.9 Å². The molecule has 1 aliphatic rings. The monoisotopic (exact) mass is 462 g/mol. The number of halogens is 1. The van der Waals surface area contributed by atoms with Gasteiger partial charge in [-0.1, -0.05) is 54.6 Å². The Morgan fingerprint density at radius 3 is 2.52 bits per heavy atom. The molecule has 5 nitrogen and oxygen atoms in total. The van der Waals surface area contributed by atoms with Crippen molar-refractivity contribution in [2.24, 2.45) is 0 Å². The summed E-state index contributed by atoms with van der Waals surface area (Å²) >= 11 is 0. The summed E-state index contributed by atoms with van der Waals surface area (Å²) in [5, 5.41) is 0.525. The first kappa shape index (κ1) is 21.4. The van der Waals surface area contributed by atoms with Crippen molar-refractivity contribution in [3.05, 3.63) is 95.9 Å². The van der Waals surface area contributed by atoms with Gasteiger partial charge in [-0.2, -0.15) is 0 Å². The van der Waals surface area contributed by atoms with E-state index in [1.807, 2.05) is 37.3 Å². The molecule has 5 rings (SSSR count). The summed E-state index contributed by atoms with van der Waals surface area (Å²) in [5.41, 5.74) is 2.80. The number of hydrogen-bond donors (Lipinski definition) is 0. The van der Waals surface area contributed by atoms with Gasteiger partial charge in [0.2, 0.25) is 5.91 Å². The van der Waals surface area contributed by atoms with E-state index < -0.39 is 21.4 Å². The second kappa shape index (κ2) is 8.15. The largest absolute Gasteiger partial charge is 0.337 e. The number of benzene rings is 3. The molecule has 4 aromatic rings. The number of rotatable bonds is 5. The first-order chi connectivity index (χ1) is 15.8. The van der Waals surface area contributed by atoms with Gasteiger partial charge in [0.15, 0.2) is 9.84 Å². The van der Waals surface area contributed by atoms with Gasteiger partial charge in [-0.05, 0) is 37.1 Å². The van der Waals surface area contributed by atoms with E-state index in [-0.39, 0.29) is 29.0 Å². The fourth-order valence-corrected chi connectivity index (χ4v) is 6.25. The molecule has 1 atom stereocenters. The highest BCUT2D eigenvalue weighted by Crippen LogP contribution is 2.33. The highest BCUT2D eigenvalue weighted by molar-refractivity contribution is 7.90. The molecule has 1 aromatic heterocycles. The number of aromatic nitrogens is 1. The Morgan fingerprint density at radius 1 is 1.00 bits per heavy atom. The van der Waals surface area contributed by atoms with E-state index in [0.29, 0.717) is 10.9 Å². The highest BCUT2D eigenvalue weighted by atomic mass is 32.2. The van der Waals surface area contributed by atoms with Crippen LogP contribution in [0.1, 0.15) is 18.1 Å². The zero-order valence-corrected chi connectivity index (χ0v) is 18.9. The van der Waals surface area contributed by atoms with Crippen molar-refractivity contribution < 1.29 is 17.6 Å². The van der Waals surface area contributed by atoms with Crippen molar-refractivity contribution in [1.29, 1.82) is 0 Å². The Bertz CT molecular complexity index is 1480. The lowest BCUT2D eigenvalue weighted by Gasteiger charge is -2.23. The molecule has 33 heavy (non-hydrogen) atoms. The summed E-state index contributed by atoms with van der Waals surface area (Å²) in [4.78, 5) is 15.2. The van der Waals surface area contributed by atoms with E-state index in [2.05, 4.69) is 0 Å². The predicted molar refractivity (Wildman–Crippen MR) is 126 cm³/mol. The molecule has 0 saturated carbocycles. The maximum atomic E-state index is 14.1. The van der Waals surface area contributed by atoms with Gasteiger partial charge in [-0.25, -0.2) is 12.8 Å².